The second-order valence-corrected chi connectivity index (χ2v) is 10.5. The Balaban J connectivity index is 1.46. The molecule has 3 aromatic carbocycles. The van der Waals surface area contributed by atoms with Crippen LogP contribution in [-0.2, 0) is 21.2 Å². The minimum atomic E-state index is -3.95. The Labute approximate surface area is 210 Å². The summed E-state index contributed by atoms with van der Waals surface area (Å²) >= 11 is 6.14. The topological polar surface area (TPSA) is 84.9 Å². The number of fused-ring (bicyclic) bond motifs is 1. The first-order valence-electron chi connectivity index (χ1n) is 11.3. The van der Waals surface area contributed by atoms with Gasteiger partial charge in [-0.2, -0.15) is 0 Å². The maximum Gasteiger partial charge on any atom is 0.264 e. The number of anilines is 1. The number of nitrogens with zero attached hydrogens (tertiary/aromatic N) is 1. The summed E-state index contributed by atoms with van der Waals surface area (Å²) < 4.78 is 39.7. The van der Waals surface area contributed by atoms with Gasteiger partial charge in [0.25, 0.3) is 15.9 Å². The van der Waals surface area contributed by atoms with E-state index in [1.54, 1.807) is 36.4 Å². The molecule has 0 fully saturated rings. The number of carbonyl (C=O) groups excluding carboxylic acids is 1. The molecule has 1 aliphatic heterocycles. The van der Waals surface area contributed by atoms with Gasteiger partial charge in [0.05, 0.1) is 23.7 Å². The summed E-state index contributed by atoms with van der Waals surface area (Å²) in [7, 11) is -3.95. The van der Waals surface area contributed by atoms with E-state index in [0.29, 0.717) is 16.5 Å². The SMILES string of the molecule is CCc1ccc(OCCNC(=O)[C@@H]2CN(S(=O)(=O)c3ccc(C)cc3)c3cc(Cl)ccc3O2)cc1. The number of ether oxygens (including phenoxy) is 2. The molecule has 3 aromatic rings. The molecule has 1 aliphatic rings. The minimum absolute atomic E-state index is 0.123. The van der Waals surface area contributed by atoms with E-state index in [0.717, 1.165) is 12.0 Å². The lowest BCUT2D eigenvalue weighted by atomic mass is 10.2. The molecule has 1 heterocycles. The minimum Gasteiger partial charge on any atom is -0.492 e. The van der Waals surface area contributed by atoms with Gasteiger partial charge in [-0.15, -0.1) is 0 Å². The van der Waals surface area contributed by atoms with Crippen molar-refractivity contribution < 1.29 is 22.7 Å². The van der Waals surface area contributed by atoms with Gasteiger partial charge in [-0.05, 0) is 61.4 Å². The standard InChI is InChI=1S/C26H27ClN2O5S/c1-3-19-6-9-21(10-7-19)33-15-14-28-26(30)25-17-29(23-16-20(27)8-13-24(23)34-25)35(31,32)22-11-4-18(2)5-12-22/h4-13,16,25H,3,14-15,17H2,1-2H3,(H,28,30)/t25-/m0/s1. The van der Waals surface area contributed by atoms with Crippen molar-refractivity contribution in [2.24, 2.45) is 0 Å². The normalized spacial score (nSPS) is 15.2. The smallest absolute Gasteiger partial charge is 0.264 e. The fraction of sp³-hybridized carbons (Fsp3) is 0.269. The van der Waals surface area contributed by atoms with Crippen LogP contribution in [0.25, 0.3) is 0 Å². The predicted octanol–water partition coefficient (Wildman–Crippen LogP) is 4.36. The van der Waals surface area contributed by atoms with Crippen LogP contribution in [0.1, 0.15) is 18.1 Å². The Morgan fingerprint density at radius 3 is 2.51 bits per heavy atom. The van der Waals surface area contributed by atoms with Gasteiger partial charge in [-0.3, -0.25) is 9.10 Å². The van der Waals surface area contributed by atoms with Crippen LogP contribution < -0.4 is 19.1 Å². The molecule has 35 heavy (non-hydrogen) atoms. The van der Waals surface area contributed by atoms with Crippen LogP contribution in [-0.4, -0.2) is 40.1 Å². The van der Waals surface area contributed by atoms with Crippen LogP contribution in [0, 0.1) is 6.92 Å². The molecule has 0 saturated heterocycles. The van der Waals surface area contributed by atoms with Crippen molar-refractivity contribution in [2.45, 2.75) is 31.3 Å². The Morgan fingerprint density at radius 1 is 1.11 bits per heavy atom. The van der Waals surface area contributed by atoms with E-state index in [2.05, 4.69) is 12.2 Å². The summed E-state index contributed by atoms with van der Waals surface area (Å²) in [5.41, 5.74) is 2.45. The maximum atomic E-state index is 13.5. The van der Waals surface area contributed by atoms with Gasteiger partial charge in [-0.25, -0.2) is 8.42 Å². The Bertz CT molecular complexity index is 1290. The molecule has 9 heteroatoms. The molecular formula is C26H27ClN2O5S. The molecule has 1 amide bonds. The molecular weight excluding hydrogens is 488 g/mol. The number of hydrogen-bond acceptors (Lipinski definition) is 5. The monoisotopic (exact) mass is 514 g/mol. The van der Waals surface area contributed by atoms with Gasteiger partial charge in [0, 0.05) is 5.02 Å². The van der Waals surface area contributed by atoms with Crippen molar-refractivity contribution in [3.05, 3.63) is 82.9 Å². The number of sulfonamides is 1. The summed E-state index contributed by atoms with van der Waals surface area (Å²) in [5, 5.41) is 3.13. The Kier molecular flexibility index (Phi) is 7.52. The summed E-state index contributed by atoms with van der Waals surface area (Å²) in [4.78, 5) is 13.0. The zero-order valence-corrected chi connectivity index (χ0v) is 21.1. The number of halogens is 1. The molecule has 0 bridgehead atoms. The van der Waals surface area contributed by atoms with Gasteiger partial charge in [0.15, 0.2) is 6.10 Å². The highest BCUT2D eigenvalue weighted by molar-refractivity contribution is 7.92. The van der Waals surface area contributed by atoms with E-state index < -0.39 is 22.0 Å². The van der Waals surface area contributed by atoms with Crippen LogP contribution in [0.5, 0.6) is 11.5 Å². The van der Waals surface area contributed by atoms with E-state index >= 15 is 0 Å². The Hall–Kier alpha value is -3.23. The third kappa shape index (κ3) is 5.71. The molecule has 4 rings (SSSR count). The highest BCUT2D eigenvalue weighted by Gasteiger charge is 2.37. The van der Waals surface area contributed by atoms with Crippen LogP contribution in [0.2, 0.25) is 5.02 Å². The quantitative estimate of drug-likeness (QED) is 0.451. The van der Waals surface area contributed by atoms with Gasteiger partial charge >= 0.3 is 0 Å². The second kappa shape index (κ2) is 10.6. The van der Waals surface area contributed by atoms with Crippen LogP contribution in [0.4, 0.5) is 5.69 Å². The van der Waals surface area contributed by atoms with Crippen LogP contribution in [0.15, 0.2) is 71.6 Å². The van der Waals surface area contributed by atoms with E-state index in [4.69, 9.17) is 21.1 Å². The number of rotatable bonds is 8. The van der Waals surface area contributed by atoms with Crippen molar-refractivity contribution in [2.75, 3.05) is 24.0 Å². The molecule has 0 saturated carbocycles. The summed E-state index contributed by atoms with van der Waals surface area (Å²) in [6.07, 6.45) is -0.0864. The molecule has 0 spiro atoms. The van der Waals surface area contributed by atoms with Gasteiger partial charge < -0.3 is 14.8 Å². The maximum absolute atomic E-state index is 13.5. The zero-order chi connectivity index (χ0) is 25.0. The number of hydrogen-bond donors (Lipinski definition) is 1. The molecule has 184 valence electrons. The summed E-state index contributed by atoms with van der Waals surface area (Å²) in [6.45, 7) is 4.28. The number of aryl methyl sites for hydroxylation is 2. The number of benzene rings is 3. The lowest BCUT2D eigenvalue weighted by Gasteiger charge is -2.34. The molecule has 0 unspecified atom stereocenters. The highest BCUT2D eigenvalue weighted by Crippen LogP contribution is 2.38. The second-order valence-electron chi connectivity index (χ2n) is 8.20. The molecule has 7 nitrogen and oxygen atoms in total. The van der Waals surface area contributed by atoms with Crippen LogP contribution in [0.3, 0.4) is 0 Å². The third-order valence-electron chi connectivity index (χ3n) is 5.69. The van der Waals surface area contributed by atoms with E-state index in [-0.39, 0.29) is 30.3 Å². The number of amides is 1. The largest absolute Gasteiger partial charge is 0.492 e. The van der Waals surface area contributed by atoms with Gasteiger partial charge in [-0.1, -0.05) is 48.4 Å². The first-order valence-corrected chi connectivity index (χ1v) is 13.1. The lowest BCUT2D eigenvalue weighted by molar-refractivity contribution is -0.127. The first-order chi connectivity index (χ1) is 16.8. The molecule has 0 aliphatic carbocycles. The van der Waals surface area contributed by atoms with E-state index in [1.807, 2.05) is 31.2 Å². The number of nitrogens with one attached hydrogen (secondary N) is 1. The molecule has 1 atom stereocenters. The van der Waals surface area contributed by atoms with Crippen molar-refractivity contribution in [3.8, 4) is 11.5 Å². The Morgan fingerprint density at radius 2 is 1.83 bits per heavy atom. The van der Waals surface area contributed by atoms with Crippen molar-refractivity contribution >= 4 is 33.2 Å². The fourth-order valence-corrected chi connectivity index (χ4v) is 5.34. The fourth-order valence-electron chi connectivity index (χ4n) is 3.70. The van der Waals surface area contributed by atoms with Gasteiger partial charge in [0.1, 0.15) is 18.1 Å². The lowest BCUT2D eigenvalue weighted by Crippen LogP contribution is -2.51. The average Bonchev–Trinajstić information content (AvgIpc) is 2.86. The van der Waals surface area contributed by atoms with Gasteiger partial charge in [0.2, 0.25) is 0 Å². The molecule has 0 aromatic heterocycles. The average molecular weight is 515 g/mol. The number of carbonyl (C=O) groups is 1. The van der Waals surface area contributed by atoms with Crippen molar-refractivity contribution in [1.82, 2.24) is 5.32 Å². The van der Waals surface area contributed by atoms with E-state index in [9.17, 15) is 13.2 Å². The predicted molar refractivity (Wildman–Crippen MR) is 136 cm³/mol. The van der Waals surface area contributed by atoms with Crippen LogP contribution >= 0.6 is 11.6 Å². The molecule has 1 N–H and O–H groups in total. The summed E-state index contributed by atoms with van der Waals surface area (Å²) in [6, 6.07) is 19.0. The van der Waals surface area contributed by atoms with Crippen molar-refractivity contribution in [3.63, 3.8) is 0 Å². The zero-order valence-electron chi connectivity index (χ0n) is 19.5. The van der Waals surface area contributed by atoms with E-state index in [1.165, 1.54) is 15.9 Å². The van der Waals surface area contributed by atoms with Crippen molar-refractivity contribution in [1.29, 1.82) is 0 Å². The molecule has 0 radical (unpaired) electrons. The highest BCUT2D eigenvalue weighted by atomic mass is 35.5. The third-order valence-corrected chi connectivity index (χ3v) is 7.72. The summed E-state index contributed by atoms with van der Waals surface area (Å²) in [5.74, 6) is 0.551. The first kappa shape index (κ1) is 24.9.